The summed E-state index contributed by atoms with van der Waals surface area (Å²) in [5.41, 5.74) is 4.36. The standard InChI is InChI=1S/C32H35BrN2O5/c1-31(2)13-21-29(23(36)15-31)28(30-22(34-21)14-32(3,4)16-24(30)37)18-10-11-25(19(33)12-18)40-17-27(38)35-20-8-6-7-9-26(20)39-5/h6-12,28,34H,13-17H2,1-5H3,(H,35,38). The van der Waals surface area contributed by atoms with Crippen molar-refractivity contribution < 1.29 is 23.9 Å². The van der Waals surface area contributed by atoms with Gasteiger partial charge in [0.1, 0.15) is 11.5 Å². The van der Waals surface area contributed by atoms with E-state index in [1.807, 2.05) is 24.3 Å². The first-order valence-electron chi connectivity index (χ1n) is 13.5. The van der Waals surface area contributed by atoms with Crippen molar-refractivity contribution in [2.45, 2.75) is 59.3 Å². The number of para-hydroxylation sites is 2. The van der Waals surface area contributed by atoms with Gasteiger partial charge < -0.3 is 20.1 Å². The highest BCUT2D eigenvalue weighted by Gasteiger charge is 2.46. The normalized spacial score (nSPS) is 19.9. The number of ketones is 2. The van der Waals surface area contributed by atoms with Crippen molar-refractivity contribution in [3.05, 3.63) is 75.0 Å². The molecule has 0 saturated carbocycles. The number of carbonyl (C=O) groups excluding carboxylic acids is 3. The Kier molecular flexibility index (Phi) is 7.42. The zero-order valence-corrected chi connectivity index (χ0v) is 25.2. The van der Waals surface area contributed by atoms with Gasteiger partial charge in [-0.2, -0.15) is 0 Å². The van der Waals surface area contributed by atoms with Crippen LogP contribution in [0, 0.1) is 10.8 Å². The quantitative estimate of drug-likeness (QED) is 0.392. The minimum absolute atomic E-state index is 0.0809. The third-order valence-electron chi connectivity index (χ3n) is 7.75. The van der Waals surface area contributed by atoms with Crippen molar-refractivity contribution in [1.82, 2.24) is 5.32 Å². The Labute approximate surface area is 243 Å². The summed E-state index contributed by atoms with van der Waals surface area (Å²) in [6, 6.07) is 12.7. The molecule has 0 bridgehead atoms. The highest BCUT2D eigenvalue weighted by Crippen LogP contribution is 2.51. The minimum atomic E-state index is -0.433. The number of ether oxygens (including phenoxy) is 2. The molecule has 210 valence electrons. The van der Waals surface area contributed by atoms with Crippen molar-refractivity contribution in [1.29, 1.82) is 0 Å². The number of allylic oxidation sites excluding steroid dienone is 4. The first-order valence-corrected chi connectivity index (χ1v) is 14.3. The van der Waals surface area contributed by atoms with Crippen LogP contribution in [0.2, 0.25) is 0 Å². The van der Waals surface area contributed by atoms with Gasteiger partial charge in [0.05, 0.1) is 17.3 Å². The number of hydrogen-bond acceptors (Lipinski definition) is 6. The Morgan fingerprint density at radius 3 is 2.10 bits per heavy atom. The van der Waals surface area contributed by atoms with Crippen molar-refractivity contribution in [2.75, 3.05) is 19.0 Å². The molecule has 2 aromatic rings. The molecule has 1 heterocycles. The van der Waals surface area contributed by atoms with Crippen LogP contribution in [-0.2, 0) is 14.4 Å². The van der Waals surface area contributed by atoms with Crippen molar-refractivity contribution >= 4 is 39.1 Å². The number of anilines is 1. The Bertz CT molecular complexity index is 1420. The number of halogens is 1. The highest BCUT2D eigenvalue weighted by atomic mass is 79.9. The molecule has 0 fully saturated rings. The number of nitrogens with one attached hydrogen (secondary N) is 2. The van der Waals surface area contributed by atoms with E-state index < -0.39 is 5.92 Å². The van der Waals surface area contributed by atoms with Crippen molar-refractivity contribution in [3.63, 3.8) is 0 Å². The predicted octanol–water partition coefficient (Wildman–Crippen LogP) is 6.45. The second-order valence-electron chi connectivity index (χ2n) is 12.5. The highest BCUT2D eigenvalue weighted by molar-refractivity contribution is 9.10. The SMILES string of the molecule is COc1ccccc1NC(=O)COc1ccc(C2C3=C(CC(C)(C)CC3=O)NC3=C2C(=O)CC(C)(C)C3)cc1Br. The van der Waals surface area contributed by atoms with Crippen LogP contribution in [0.15, 0.2) is 69.5 Å². The summed E-state index contributed by atoms with van der Waals surface area (Å²) in [5, 5.41) is 6.34. The second-order valence-corrected chi connectivity index (χ2v) is 13.3. The van der Waals surface area contributed by atoms with Crippen LogP contribution in [-0.4, -0.2) is 31.2 Å². The Balaban J connectivity index is 1.43. The number of rotatable bonds is 6. The molecule has 0 spiro atoms. The van der Waals surface area contributed by atoms with E-state index in [4.69, 9.17) is 9.47 Å². The van der Waals surface area contributed by atoms with Gasteiger partial charge >= 0.3 is 0 Å². The Morgan fingerprint density at radius 1 is 0.925 bits per heavy atom. The molecule has 0 radical (unpaired) electrons. The molecule has 2 N–H and O–H groups in total. The number of amides is 1. The summed E-state index contributed by atoms with van der Waals surface area (Å²) in [6.45, 7) is 8.24. The minimum Gasteiger partial charge on any atom is -0.495 e. The monoisotopic (exact) mass is 606 g/mol. The number of dihydropyridines is 1. The zero-order valence-electron chi connectivity index (χ0n) is 23.6. The van der Waals surface area contributed by atoms with Gasteiger partial charge in [-0.1, -0.05) is 45.9 Å². The maximum absolute atomic E-state index is 13.5. The summed E-state index contributed by atoms with van der Waals surface area (Å²) < 4.78 is 11.8. The number of benzene rings is 2. The van der Waals surface area contributed by atoms with Crippen LogP contribution < -0.4 is 20.1 Å². The molecule has 0 unspecified atom stereocenters. The van der Waals surface area contributed by atoms with E-state index in [2.05, 4.69) is 54.3 Å². The molecule has 0 saturated heterocycles. The molecule has 5 rings (SSSR count). The average Bonchev–Trinajstić information content (AvgIpc) is 2.85. The first-order chi connectivity index (χ1) is 18.9. The van der Waals surface area contributed by atoms with Crippen LogP contribution in [0.1, 0.15) is 64.9 Å². The van der Waals surface area contributed by atoms with Gasteiger partial charge in [0.2, 0.25) is 0 Å². The van der Waals surface area contributed by atoms with Crippen molar-refractivity contribution in [3.8, 4) is 11.5 Å². The molecule has 40 heavy (non-hydrogen) atoms. The Morgan fingerprint density at radius 2 is 1.52 bits per heavy atom. The molecule has 7 nitrogen and oxygen atoms in total. The van der Waals surface area contributed by atoms with Gasteiger partial charge in [0.25, 0.3) is 5.91 Å². The fourth-order valence-electron chi connectivity index (χ4n) is 6.11. The van der Waals surface area contributed by atoms with E-state index in [-0.39, 0.29) is 34.9 Å². The maximum atomic E-state index is 13.5. The van der Waals surface area contributed by atoms with Crippen LogP contribution in [0.25, 0.3) is 0 Å². The van der Waals surface area contributed by atoms with Crippen LogP contribution in [0.5, 0.6) is 11.5 Å². The lowest BCUT2D eigenvalue weighted by molar-refractivity contribution is -0.119. The van der Waals surface area contributed by atoms with E-state index in [9.17, 15) is 14.4 Å². The fraction of sp³-hybridized carbons (Fsp3) is 0.406. The summed E-state index contributed by atoms with van der Waals surface area (Å²) >= 11 is 3.60. The summed E-state index contributed by atoms with van der Waals surface area (Å²) in [6.07, 6.45) is 2.38. The topological polar surface area (TPSA) is 93.7 Å². The first kappa shape index (κ1) is 28.1. The van der Waals surface area contributed by atoms with Crippen LogP contribution in [0.4, 0.5) is 5.69 Å². The van der Waals surface area contributed by atoms with E-state index in [1.165, 1.54) is 0 Å². The number of Topliss-reactive ketones (excluding diaryl/α,β-unsaturated/α-hetero) is 2. The molecule has 0 atom stereocenters. The van der Waals surface area contributed by atoms with E-state index in [0.29, 0.717) is 45.6 Å². The third kappa shape index (κ3) is 5.59. The van der Waals surface area contributed by atoms with E-state index in [1.54, 1.807) is 25.3 Å². The van der Waals surface area contributed by atoms with E-state index in [0.717, 1.165) is 29.8 Å². The van der Waals surface area contributed by atoms with Crippen molar-refractivity contribution in [2.24, 2.45) is 10.8 Å². The largest absolute Gasteiger partial charge is 0.495 e. The molecule has 1 amide bonds. The maximum Gasteiger partial charge on any atom is 0.262 e. The van der Waals surface area contributed by atoms with Crippen LogP contribution >= 0.6 is 15.9 Å². The van der Waals surface area contributed by atoms with Gasteiger partial charge in [0, 0.05) is 41.3 Å². The summed E-state index contributed by atoms with van der Waals surface area (Å²) in [7, 11) is 1.55. The zero-order chi connectivity index (χ0) is 28.8. The smallest absolute Gasteiger partial charge is 0.262 e. The summed E-state index contributed by atoms with van der Waals surface area (Å²) in [4.78, 5) is 39.7. The third-order valence-corrected chi connectivity index (χ3v) is 8.37. The lowest BCUT2D eigenvalue weighted by Gasteiger charge is -2.44. The molecule has 2 aromatic carbocycles. The number of methoxy groups -OCH3 is 1. The molecule has 2 aliphatic carbocycles. The van der Waals surface area contributed by atoms with Gasteiger partial charge in [-0.15, -0.1) is 0 Å². The average molecular weight is 608 g/mol. The molecular formula is C32H35BrN2O5. The second kappa shape index (κ2) is 10.5. The van der Waals surface area contributed by atoms with Gasteiger partial charge in [-0.25, -0.2) is 0 Å². The molecular weight excluding hydrogens is 572 g/mol. The summed E-state index contributed by atoms with van der Waals surface area (Å²) in [5.74, 6) is 0.456. The molecule has 3 aliphatic rings. The fourth-order valence-corrected chi connectivity index (χ4v) is 6.62. The predicted molar refractivity (Wildman–Crippen MR) is 157 cm³/mol. The number of carbonyl (C=O) groups is 3. The lowest BCUT2D eigenvalue weighted by atomic mass is 9.64. The van der Waals surface area contributed by atoms with Gasteiger partial charge in [0.15, 0.2) is 18.2 Å². The molecule has 8 heteroatoms. The number of hydrogen-bond donors (Lipinski definition) is 2. The molecule has 1 aliphatic heterocycles. The van der Waals surface area contributed by atoms with Gasteiger partial charge in [-0.05, 0) is 69.4 Å². The molecule has 0 aromatic heterocycles. The van der Waals surface area contributed by atoms with Crippen LogP contribution in [0.3, 0.4) is 0 Å². The Hall–Kier alpha value is -3.39. The van der Waals surface area contributed by atoms with Gasteiger partial charge in [-0.3, -0.25) is 14.4 Å². The lowest BCUT2D eigenvalue weighted by Crippen LogP contribution is -2.42. The van der Waals surface area contributed by atoms with E-state index >= 15 is 0 Å².